The van der Waals surface area contributed by atoms with Crippen LogP contribution >= 0.6 is 0 Å². The third kappa shape index (κ3) is 6.57. The van der Waals surface area contributed by atoms with Gasteiger partial charge in [0.05, 0.1) is 16.6 Å². The van der Waals surface area contributed by atoms with E-state index in [1.54, 1.807) is 12.1 Å². The minimum Gasteiger partial charge on any atom is -0.491 e. The number of halogens is 3. The zero-order valence-corrected chi connectivity index (χ0v) is 18.0. The first-order chi connectivity index (χ1) is 14.5. The van der Waals surface area contributed by atoms with Crippen LogP contribution in [0.1, 0.15) is 45.1 Å². The van der Waals surface area contributed by atoms with Gasteiger partial charge in [-0.1, -0.05) is 0 Å². The second-order valence-electron chi connectivity index (χ2n) is 7.73. The van der Waals surface area contributed by atoms with Gasteiger partial charge in [-0.05, 0) is 69.9 Å². The van der Waals surface area contributed by atoms with Crippen LogP contribution in [0.25, 0.3) is 0 Å². The molecular formula is C21H25F3N2O4S. The number of rotatable bonds is 7. The molecular weight excluding hydrogens is 433 g/mol. The molecule has 10 heteroatoms. The minimum absolute atomic E-state index is 0.00392. The molecule has 1 aromatic carbocycles. The fraction of sp³-hybridized carbons (Fsp3) is 0.476. The number of hydrogen-bond acceptors (Lipinski definition) is 5. The first-order valence-electron chi connectivity index (χ1n) is 10.0. The van der Waals surface area contributed by atoms with Gasteiger partial charge >= 0.3 is 6.18 Å². The summed E-state index contributed by atoms with van der Waals surface area (Å²) >= 11 is 0. The van der Waals surface area contributed by atoms with Gasteiger partial charge in [0, 0.05) is 18.3 Å². The van der Waals surface area contributed by atoms with Gasteiger partial charge in [-0.2, -0.15) is 13.2 Å². The zero-order chi connectivity index (χ0) is 22.6. The van der Waals surface area contributed by atoms with Crippen LogP contribution in [0, 0.1) is 0 Å². The number of ether oxygens (including phenoxy) is 2. The lowest BCUT2D eigenvalue weighted by Crippen LogP contribution is -2.39. The smallest absolute Gasteiger partial charge is 0.417 e. The molecule has 1 heterocycles. The van der Waals surface area contributed by atoms with Crippen molar-refractivity contribution in [3.05, 3.63) is 48.2 Å². The molecule has 0 saturated heterocycles. The van der Waals surface area contributed by atoms with E-state index in [-0.39, 0.29) is 29.0 Å². The second-order valence-corrected chi connectivity index (χ2v) is 9.45. The predicted molar refractivity (Wildman–Crippen MR) is 108 cm³/mol. The van der Waals surface area contributed by atoms with E-state index in [1.165, 1.54) is 18.2 Å². The first kappa shape index (κ1) is 23.3. The quantitative estimate of drug-likeness (QED) is 0.658. The summed E-state index contributed by atoms with van der Waals surface area (Å²) in [6.07, 6.45) is -1.69. The molecule has 0 unspecified atom stereocenters. The van der Waals surface area contributed by atoms with Crippen molar-refractivity contribution in [3.63, 3.8) is 0 Å². The van der Waals surface area contributed by atoms with Gasteiger partial charge < -0.3 is 9.47 Å². The number of benzene rings is 1. The van der Waals surface area contributed by atoms with E-state index in [0.717, 1.165) is 12.3 Å². The summed E-state index contributed by atoms with van der Waals surface area (Å²) in [6, 6.07) is 8.14. The molecule has 0 atom stereocenters. The van der Waals surface area contributed by atoms with Crippen molar-refractivity contribution in [3.8, 4) is 11.6 Å². The van der Waals surface area contributed by atoms with E-state index in [4.69, 9.17) is 9.47 Å². The SMILES string of the molecule is CC(C)Oc1ccc(S(=O)(=O)NC2CCC(Oc3ccc(C(F)(F)F)cn3)CC2)cc1. The highest BCUT2D eigenvalue weighted by Gasteiger charge is 2.31. The molecule has 0 amide bonds. The van der Waals surface area contributed by atoms with E-state index in [1.807, 2.05) is 13.8 Å². The van der Waals surface area contributed by atoms with Gasteiger partial charge in [-0.15, -0.1) is 0 Å². The fourth-order valence-corrected chi connectivity index (χ4v) is 4.65. The summed E-state index contributed by atoms with van der Waals surface area (Å²) in [7, 11) is -3.67. The Kier molecular flexibility index (Phi) is 7.10. The van der Waals surface area contributed by atoms with Crippen LogP contribution in [-0.2, 0) is 16.2 Å². The van der Waals surface area contributed by atoms with Crippen molar-refractivity contribution >= 4 is 10.0 Å². The normalized spacial score (nSPS) is 19.9. The van der Waals surface area contributed by atoms with Crippen LogP contribution in [0.3, 0.4) is 0 Å². The minimum atomic E-state index is -4.44. The van der Waals surface area contributed by atoms with E-state index >= 15 is 0 Å². The topological polar surface area (TPSA) is 77.5 Å². The lowest BCUT2D eigenvalue weighted by molar-refractivity contribution is -0.137. The lowest BCUT2D eigenvalue weighted by Gasteiger charge is -2.29. The molecule has 0 bridgehead atoms. The van der Waals surface area contributed by atoms with Crippen LogP contribution in [0.4, 0.5) is 13.2 Å². The van der Waals surface area contributed by atoms with Crippen molar-refractivity contribution in [1.82, 2.24) is 9.71 Å². The Balaban J connectivity index is 1.51. The van der Waals surface area contributed by atoms with Gasteiger partial charge in [-0.25, -0.2) is 18.1 Å². The highest BCUT2D eigenvalue weighted by atomic mass is 32.2. The Bertz CT molecular complexity index is 954. The molecule has 1 aliphatic rings. The molecule has 1 fully saturated rings. The molecule has 31 heavy (non-hydrogen) atoms. The van der Waals surface area contributed by atoms with Crippen molar-refractivity contribution < 1.29 is 31.1 Å². The first-order valence-corrected chi connectivity index (χ1v) is 11.5. The molecule has 1 aromatic heterocycles. The number of alkyl halides is 3. The van der Waals surface area contributed by atoms with Gasteiger partial charge in [0.2, 0.25) is 15.9 Å². The molecule has 170 valence electrons. The molecule has 6 nitrogen and oxygen atoms in total. The number of sulfonamides is 1. The molecule has 1 saturated carbocycles. The van der Waals surface area contributed by atoms with E-state index in [9.17, 15) is 21.6 Å². The van der Waals surface area contributed by atoms with Crippen molar-refractivity contribution in [2.24, 2.45) is 0 Å². The van der Waals surface area contributed by atoms with Crippen LogP contribution in [0.2, 0.25) is 0 Å². The standard InChI is InChI=1S/C21H25F3N2O4S/c1-14(2)29-17-8-10-19(11-9-17)31(27,28)26-16-4-6-18(7-5-16)30-20-12-3-15(13-25-20)21(22,23)24/h3,8-14,16,18,26H,4-7H2,1-2H3. The fourth-order valence-electron chi connectivity index (χ4n) is 3.34. The molecule has 2 aromatic rings. The Hall–Kier alpha value is -2.33. The molecule has 0 radical (unpaired) electrons. The Morgan fingerprint density at radius 3 is 2.19 bits per heavy atom. The molecule has 0 aliphatic heterocycles. The zero-order valence-electron chi connectivity index (χ0n) is 17.2. The average molecular weight is 459 g/mol. The summed E-state index contributed by atoms with van der Waals surface area (Å²) in [5, 5.41) is 0. The summed E-state index contributed by atoms with van der Waals surface area (Å²) < 4.78 is 77.0. The number of aromatic nitrogens is 1. The lowest BCUT2D eigenvalue weighted by atomic mass is 9.94. The van der Waals surface area contributed by atoms with Crippen LogP contribution in [0.5, 0.6) is 11.6 Å². The summed E-state index contributed by atoms with van der Waals surface area (Å²) in [5.41, 5.74) is -0.832. The highest BCUT2D eigenvalue weighted by molar-refractivity contribution is 7.89. The average Bonchev–Trinajstić information content (AvgIpc) is 2.69. The number of nitrogens with one attached hydrogen (secondary N) is 1. The molecule has 0 spiro atoms. The largest absolute Gasteiger partial charge is 0.491 e. The van der Waals surface area contributed by atoms with Gasteiger partial charge in [0.15, 0.2) is 0 Å². The van der Waals surface area contributed by atoms with E-state index < -0.39 is 21.8 Å². The predicted octanol–water partition coefficient (Wildman–Crippen LogP) is 4.56. The third-order valence-corrected chi connectivity index (χ3v) is 6.39. The van der Waals surface area contributed by atoms with Gasteiger partial charge in [0.25, 0.3) is 0 Å². The van der Waals surface area contributed by atoms with Gasteiger partial charge in [-0.3, -0.25) is 0 Å². The Morgan fingerprint density at radius 2 is 1.68 bits per heavy atom. The maximum absolute atomic E-state index is 12.6. The van der Waals surface area contributed by atoms with Crippen LogP contribution in [0.15, 0.2) is 47.5 Å². The van der Waals surface area contributed by atoms with Crippen molar-refractivity contribution in [1.29, 1.82) is 0 Å². The third-order valence-electron chi connectivity index (χ3n) is 4.85. The monoisotopic (exact) mass is 458 g/mol. The molecule has 3 rings (SSSR count). The number of nitrogens with zero attached hydrogens (tertiary/aromatic N) is 1. The Morgan fingerprint density at radius 1 is 1.03 bits per heavy atom. The van der Waals surface area contributed by atoms with Crippen molar-refractivity contribution in [2.45, 2.75) is 68.9 Å². The van der Waals surface area contributed by atoms with Crippen LogP contribution < -0.4 is 14.2 Å². The maximum atomic E-state index is 12.6. The molecule has 1 aliphatic carbocycles. The summed E-state index contributed by atoms with van der Waals surface area (Å²) in [6.45, 7) is 3.78. The summed E-state index contributed by atoms with van der Waals surface area (Å²) in [4.78, 5) is 3.88. The summed E-state index contributed by atoms with van der Waals surface area (Å²) in [5.74, 6) is 0.726. The van der Waals surface area contributed by atoms with E-state index in [0.29, 0.717) is 31.4 Å². The van der Waals surface area contributed by atoms with E-state index in [2.05, 4.69) is 9.71 Å². The second kappa shape index (κ2) is 9.44. The Labute approximate surface area is 179 Å². The number of pyridine rings is 1. The number of hydrogen-bond donors (Lipinski definition) is 1. The van der Waals surface area contributed by atoms with Crippen molar-refractivity contribution in [2.75, 3.05) is 0 Å². The maximum Gasteiger partial charge on any atom is 0.417 e. The van der Waals surface area contributed by atoms with Gasteiger partial charge in [0.1, 0.15) is 11.9 Å². The van der Waals surface area contributed by atoms with Crippen LogP contribution in [-0.4, -0.2) is 31.7 Å². The highest BCUT2D eigenvalue weighted by Crippen LogP contribution is 2.30. The molecule has 1 N–H and O–H groups in total.